The minimum Gasteiger partial charge on any atom is -0.353 e. The molecule has 0 aliphatic carbocycles. The van der Waals surface area contributed by atoms with E-state index in [1.165, 1.54) is 11.3 Å². The van der Waals surface area contributed by atoms with Gasteiger partial charge in [-0.05, 0) is 42.3 Å². The van der Waals surface area contributed by atoms with E-state index in [1.54, 1.807) is 23.5 Å². The minimum absolute atomic E-state index is 0.176. The third kappa shape index (κ3) is 6.08. The molecule has 3 N–H and O–H groups in total. The maximum atomic E-state index is 11.1. The maximum Gasteiger partial charge on any atom is 0.357 e. The van der Waals surface area contributed by atoms with Gasteiger partial charge in [0.25, 0.3) is 0 Å². The standard InChI is InChI=1S/C26H20N4O3S3/c31-36(32,33)30-21-13-11-18(12-14-21)15-22(24-17-34-25(27-24)20-9-5-2-6-10-20)28-26-29-23(16-35-26)19-7-3-1-4-8-19/h1,3-5,7-14,16-17,22,30H,15H2,(H,28,29)(H,31,32,33)/t22-/m0/s1. The Kier molecular flexibility index (Phi) is 6.97. The van der Waals surface area contributed by atoms with Crippen molar-refractivity contribution in [2.75, 3.05) is 10.0 Å². The lowest BCUT2D eigenvalue weighted by Gasteiger charge is -2.17. The van der Waals surface area contributed by atoms with E-state index in [4.69, 9.17) is 14.5 Å². The number of hydrogen-bond donors (Lipinski definition) is 3. The van der Waals surface area contributed by atoms with Gasteiger partial charge >= 0.3 is 10.3 Å². The zero-order valence-corrected chi connectivity index (χ0v) is 21.2. The first kappa shape index (κ1) is 24.0. The fraction of sp³-hybridized carbons (Fsp3) is 0.0769. The van der Waals surface area contributed by atoms with Gasteiger partial charge in [-0.25, -0.2) is 9.97 Å². The van der Waals surface area contributed by atoms with Crippen LogP contribution in [0.4, 0.5) is 10.8 Å². The molecule has 36 heavy (non-hydrogen) atoms. The molecule has 7 nitrogen and oxygen atoms in total. The van der Waals surface area contributed by atoms with Gasteiger partial charge in [0.05, 0.1) is 23.1 Å². The average molecular weight is 533 g/mol. The molecule has 2 aromatic heterocycles. The van der Waals surface area contributed by atoms with Crippen LogP contribution < -0.4 is 10.0 Å². The quantitative estimate of drug-likeness (QED) is 0.197. The zero-order chi connectivity index (χ0) is 25.0. The van der Waals surface area contributed by atoms with Crippen molar-refractivity contribution in [3.8, 4) is 21.8 Å². The molecule has 0 fully saturated rings. The van der Waals surface area contributed by atoms with Crippen molar-refractivity contribution in [1.82, 2.24) is 9.97 Å². The number of thiazole rings is 2. The number of nitrogens with zero attached hydrogens (tertiary/aromatic N) is 2. The Morgan fingerprint density at radius 1 is 0.917 bits per heavy atom. The molecule has 5 rings (SSSR count). The number of anilines is 2. The van der Waals surface area contributed by atoms with Gasteiger partial charge in [-0.1, -0.05) is 54.6 Å². The molecule has 0 bridgehead atoms. The monoisotopic (exact) mass is 532 g/mol. The summed E-state index contributed by atoms with van der Waals surface area (Å²) in [6, 6.07) is 28.2. The second kappa shape index (κ2) is 10.5. The molecule has 10 heteroatoms. The Morgan fingerprint density at radius 2 is 1.72 bits per heavy atom. The molecule has 0 unspecified atom stereocenters. The van der Waals surface area contributed by atoms with Gasteiger partial charge in [-0.2, -0.15) is 8.42 Å². The van der Waals surface area contributed by atoms with Crippen LogP contribution in [0, 0.1) is 12.1 Å². The highest BCUT2D eigenvalue weighted by Gasteiger charge is 2.19. The highest BCUT2D eigenvalue weighted by atomic mass is 32.2. The van der Waals surface area contributed by atoms with Crippen LogP contribution in [0.15, 0.2) is 83.6 Å². The van der Waals surface area contributed by atoms with Crippen LogP contribution in [0.5, 0.6) is 0 Å². The van der Waals surface area contributed by atoms with Crippen LogP contribution >= 0.6 is 22.7 Å². The van der Waals surface area contributed by atoms with Crippen molar-refractivity contribution >= 4 is 43.8 Å². The molecular formula is C26H20N4O3S3. The molecule has 180 valence electrons. The molecule has 0 radical (unpaired) electrons. The van der Waals surface area contributed by atoms with E-state index in [9.17, 15) is 8.42 Å². The molecule has 1 atom stereocenters. The Balaban J connectivity index is 1.41. The normalized spacial score (nSPS) is 12.0. The number of benzene rings is 2. The number of hydrogen-bond acceptors (Lipinski definition) is 7. The molecule has 0 amide bonds. The molecule has 5 aromatic rings. The van der Waals surface area contributed by atoms with Crippen LogP contribution in [0.25, 0.3) is 21.8 Å². The van der Waals surface area contributed by atoms with Crippen LogP contribution in [0.3, 0.4) is 0 Å². The fourth-order valence-corrected chi connectivity index (χ4v) is 5.69. The Hall–Kier alpha value is -3.75. The summed E-state index contributed by atoms with van der Waals surface area (Å²) >= 11 is 3.09. The van der Waals surface area contributed by atoms with Crippen LogP contribution in [-0.4, -0.2) is 22.9 Å². The van der Waals surface area contributed by atoms with E-state index in [2.05, 4.69) is 22.2 Å². The number of nitrogens with one attached hydrogen (secondary N) is 2. The first-order chi connectivity index (χ1) is 17.4. The van der Waals surface area contributed by atoms with Gasteiger partial charge in [0.15, 0.2) is 5.13 Å². The second-order valence-corrected chi connectivity index (χ2v) is 10.7. The topological polar surface area (TPSA) is 104 Å². The summed E-state index contributed by atoms with van der Waals surface area (Å²) in [6.45, 7) is 0. The van der Waals surface area contributed by atoms with Crippen molar-refractivity contribution in [2.24, 2.45) is 0 Å². The summed E-state index contributed by atoms with van der Waals surface area (Å²) in [7, 11) is -4.32. The molecule has 0 saturated heterocycles. The van der Waals surface area contributed by atoms with E-state index in [0.29, 0.717) is 6.42 Å². The predicted molar refractivity (Wildman–Crippen MR) is 144 cm³/mol. The lowest BCUT2D eigenvalue weighted by Crippen LogP contribution is -2.14. The van der Waals surface area contributed by atoms with Gasteiger partial charge in [-0.3, -0.25) is 9.27 Å². The van der Waals surface area contributed by atoms with E-state index < -0.39 is 10.3 Å². The number of aromatic nitrogens is 2. The van der Waals surface area contributed by atoms with Gasteiger partial charge in [0.2, 0.25) is 0 Å². The van der Waals surface area contributed by atoms with Crippen molar-refractivity contribution in [3.05, 3.63) is 107 Å². The summed E-state index contributed by atoms with van der Waals surface area (Å²) in [6.07, 6.45) is 0.588. The fourth-order valence-electron chi connectivity index (χ4n) is 3.61. The average Bonchev–Trinajstić information content (AvgIpc) is 3.55. The lowest BCUT2D eigenvalue weighted by molar-refractivity contribution is 0.489. The second-order valence-electron chi connectivity index (χ2n) is 7.88. The summed E-state index contributed by atoms with van der Waals surface area (Å²) in [5.74, 6) is 0. The third-order valence-corrected chi connectivity index (χ3v) is 7.47. The van der Waals surface area contributed by atoms with Crippen LogP contribution in [-0.2, 0) is 16.7 Å². The molecule has 0 aliphatic rings. The van der Waals surface area contributed by atoms with E-state index in [0.717, 1.165) is 38.2 Å². The predicted octanol–water partition coefficient (Wildman–Crippen LogP) is 6.14. The maximum absolute atomic E-state index is 11.1. The largest absolute Gasteiger partial charge is 0.357 e. The van der Waals surface area contributed by atoms with Crippen LogP contribution in [0.1, 0.15) is 17.3 Å². The van der Waals surface area contributed by atoms with Crippen molar-refractivity contribution in [2.45, 2.75) is 12.5 Å². The van der Waals surface area contributed by atoms with Gasteiger partial charge in [-0.15, -0.1) is 22.7 Å². The Morgan fingerprint density at radius 3 is 2.44 bits per heavy atom. The highest BCUT2D eigenvalue weighted by Crippen LogP contribution is 2.32. The van der Waals surface area contributed by atoms with Gasteiger partial charge < -0.3 is 5.32 Å². The van der Waals surface area contributed by atoms with E-state index in [-0.39, 0.29) is 11.7 Å². The summed E-state index contributed by atoms with van der Waals surface area (Å²) in [5.41, 5.74) is 5.05. The van der Waals surface area contributed by atoms with E-state index >= 15 is 0 Å². The molecule has 2 heterocycles. The summed E-state index contributed by atoms with van der Waals surface area (Å²) in [4.78, 5) is 9.65. The molecule has 3 aromatic carbocycles. The first-order valence-corrected chi connectivity index (χ1v) is 14.1. The summed E-state index contributed by atoms with van der Waals surface area (Å²) < 4.78 is 33.3. The van der Waals surface area contributed by atoms with Gasteiger partial charge in [0.1, 0.15) is 5.01 Å². The van der Waals surface area contributed by atoms with Crippen molar-refractivity contribution < 1.29 is 13.0 Å². The lowest BCUT2D eigenvalue weighted by atomic mass is 10.0. The van der Waals surface area contributed by atoms with Crippen molar-refractivity contribution in [1.29, 1.82) is 0 Å². The SMILES string of the molecule is O=S(=O)(O)Nc1ccc(C[C@H](Nc2nc(-c3ccccc3)cs2)c2csc(-c3cc#ccc3)n2)cc1. The van der Waals surface area contributed by atoms with E-state index in [1.807, 2.05) is 71.4 Å². The third-order valence-electron chi connectivity index (χ3n) is 5.30. The molecule has 0 spiro atoms. The zero-order valence-electron chi connectivity index (χ0n) is 18.8. The minimum atomic E-state index is -4.32. The molecular weight excluding hydrogens is 513 g/mol. The highest BCUT2D eigenvalue weighted by molar-refractivity contribution is 7.87. The Labute approximate surface area is 217 Å². The Bertz CT molecular complexity index is 1530. The van der Waals surface area contributed by atoms with Crippen LogP contribution in [0.2, 0.25) is 0 Å². The van der Waals surface area contributed by atoms with Crippen molar-refractivity contribution in [3.63, 3.8) is 0 Å². The summed E-state index contributed by atoms with van der Waals surface area (Å²) in [5, 5.41) is 9.26. The first-order valence-electron chi connectivity index (χ1n) is 10.9. The number of rotatable bonds is 9. The molecule has 0 saturated carbocycles. The van der Waals surface area contributed by atoms with Gasteiger partial charge in [0, 0.05) is 21.9 Å². The molecule has 0 aliphatic heterocycles. The smallest absolute Gasteiger partial charge is 0.353 e.